The lowest BCUT2D eigenvalue weighted by Gasteiger charge is -2.14. The zero-order chi connectivity index (χ0) is 12.3. The van der Waals surface area contributed by atoms with Crippen LogP contribution in [0.1, 0.15) is 22.9 Å². The second kappa shape index (κ2) is 5.44. The molecule has 2 rings (SSSR count). The molecule has 0 fully saturated rings. The molecule has 0 aliphatic rings. The minimum absolute atomic E-state index is 0.0406. The van der Waals surface area contributed by atoms with E-state index >= 15 is 0 Å². The van der Waals surface area contributed by atoms with Crippen molar-refractivity contribution >= 4 is 15.9 Å². The zero-order valence-corrected chi connectivity index (χ0v) is 11.1. The molecule has 90 valence electrons. The lowest BCUT2D eigenvalue weighted by Crippen LogP contribution is -2.29. The van der Waals surface area contributed by atoms with Crippen molar-refractivity contribution in [3.8, 4) is 0 Å². The first-order valence-electron chi connectivity index (χ1n) is 5.30. The van der Waals surface area contributed by atoms with Crippen LogP contribution in [-0.4, -0.2) is 4.98 Å². The van der Waals surface area contributed by atoms with Gasteiger partial charge in [-0.05, 0) is 52.5 Å². The van der Waals surface area contributed by atoms with E-state index in [0.717, 1.165) is 27.8 Å². The summed E-state index contributed by atoms with van der Waals surface area (Å²) in [5, 5.41) is 0. The predicted molar refractivity (Wildman–Crippen MR) is 69.2 cm³/mol. The average molecular weight is 296 g/mol. The van der Waals surface area contributed by atoms with Gasteiger partial charge in [0.1, 0.15) is 5.76 Å². The summed E-state index contributed by atoms with van der Waals surface area (Å²) in [6.07, 6.45) is 5.99. The van der Waals surface area contributed by atoms with Gasteiger partial charge in [0.2, 0.25) is 0 Å². The summed E-state index contributed by atoms with van der Waals surface area (Å²) in [7, 11) is 0. The van der Waals surface area contributed by atoms with Crippen molar-refractivity contribution in [3.05, 3.63) is 52.1 Å². The van der Waals surface area contributed by atoms with E-state index in [2.05, 4.69) is 26.3 Å². The summed E-state index contributed by atoms with van der Waals surface area (Å²) < 4.78 is 6.41. The van der Waals surface area contributed by atoms with Crippen molar-refractivity contribution in [2.75, 3.05) is 0 Å². The van der Waals surface area contributed by atoms with Gasteiger partial charge < -0.3 is 4.42 Å². The second-order valence-electron chi connectivity index (χ2n) is 3.90. The minimum Gasteiger partial charge on any atom is -0.467 e. The van der Waals surface area contributed by atoms with Gasteiger partial charge in [-0.2, -0.15) is 0 Å². The highest BCUT2D eigenvalue weighted by Gasteiger charge is 2.16. The standard InChI is InChI=1S/C12H14BrN3O/c1-8-2-3-17-12(8)11(16-14)5-9-4-10(13)7-15-6-9/h2-4,6-7,11,16H,5,14H2,1H3. The van der Waals surface area contributed by atoms with E-state index in [1.807, 2.05) is 25.3 Å². The maximum Gasteiger partial charge on any atom is 0.125 e. The quantitative estimate of drug-likeness (QED) is 0.672. The number of rotatable bonds is 4. The van der Waals surface area contributed by atoms with E-state index in [9.17, 15) is 0 Å². The van der Waals surface area contributed by atoms with Crippen molar-refractivity contribution in [2.24, 2.45) is 5.84 Å². The zero-order valence-electron chi connectivity index (χ0n) is 9.48. The number of aryl methyl sites for hydroxylation is 1. The van der Waals surface area contributed by atoms with Crippen LogP contribution < -0.4 is 11.3 Å². The van der Waals surface area contributed by atoms with Gasteiger partial charge in [0, 0.05) is 16.9 Å². The third kappa shape index (κ3) is 2.94. The van der Waals surface area contributed by atoms with Gasteiger partial charge in [-0.1, -0.05) is 0 Å². The van der Waals surface area contributed by atoms with Crippen LogP contribution in [-0.2, 0) is 6.42 Å². The van der Waals surface area contributed by atoms with Gasteiger partial charge in [-0.3, -0.25) is 10.8 Å². The van der Waals surface area contributed by atoms with Crippen LogP contribution in [0, 0.1) is 6.92 Å². The molecule has 2 aromatic heterocycles. The first-order chi connectivity index (χ1) is 8.20. The normalized spacial score (nSPS) is 12.6. The lowest BCUT2D eigenvalue weighted by molar-refractivity contribution is 0.413. The van der Waals surface area contributed by atoms with Crippen molar-refractivity contribution in [3.63, 3.8) is 0 Å². The van der Waals surface area contributed by atoms with E-state index in [1.54, 1.807) is 12.5 Å². The Morgan fingerprint density at radius 2 is 2.35 bits per heavy atom. The Balaban J connectivity index is 2.19. The highest BCUT2D eigenvalue weighted by Crippen LogP contribution is 2.22. The highest BCUT2D eigenvalue weighted by molar-refractivity contribution is 9.10. The summed E-state index contributed by atoms with van der Waals surface area (Å²) >= 11 is 3.40. The van der Waals surface area contributed by atoms with E-state index in [-0.39, 0.29) is 6.04 Å². The Bertz CT molecular complexity index is 498. The number of furan rings is 1. The number of halogens is 1. The fourth-order valence-corrected chi connectivity index (χ4v) is 2.18. The fourth-order valence-electron chi connectivity index (χ4n) is 1.77. The molecule has 4 nitrogen and oxygen atoms in total. The molecule has 17 heavy (non-hydrogen) atoms. The van der Waals surface area contributed by atoms with Gasteiger partial charge in [0.05, 0.1) is 12.3 Å². The number of aromatic nitrogens is 1. The molecule has 1 atom stereocenters. The third-order valence-electron chi connectivity index (χ3n) is 2.62. The molecule has 2 heterocycles. The SMILES string of the molecule is Cc1ccoc1C(Cc1cncc(Br)c1)NN. The number of hydrazine groups is 1. The molecule has 0 saturated heterocycles. The molecule has 0 aromatic carbocycles. The molecule has 0 bridgehead atoms. The first kappa shape index (κ1) is 12.3. The van der Waals surface area contributed by atoms with Crippen LogP contribution in [0.15, 0.2) is 39.7 Å². The van der Waals surface area contributed by atoms with Crippen LogP contribution in [0.2, 0.25) is 0 Å². The smallest absolute Gasteiger partial charge is 0.125 e. The topological polar surface area (TPSA) is 64.1 Å². The summed E-state index contributed by atoms with van der Waals surface area (Å²) in [6, 6.07) is 3.91. The fraction of sp³-hybridized carbons (Fsp3) is 0.250. The van der Waals surface area contributed by atoms with Crippen molar-refractivity contribution in [1.29, 1.82) is 0 Å². The molecular weight excluding hydrogens is 282 g/mol. The molecule has 0 aliphatic carbocycles. The van der Waals surface area contributed by atoms with Gasteiger partial charge in [0.25, 0.3) is 0 Å². The number of nitrogens with one attached hydrogen (secondary N) is 1. The third-order valence-corrected chi connectivity index (χ3v) is 3.05. The number of hydrogen-bond donors (Lipinski definition) is 2. The second-order valence-corrected chi connectivity index (χ2v) is 4.82. The molecule has 2 aromatic rings. The highest BCUT2D eigenvalue weighted by atomic mass is 79.9. The Kier molecular flexibility index (Phi) is 3.93. The summed E-state index contributed by atoms with van der Waals surface area (Å²) in [6.45, 7) is 2.00. The van der Waals surface area contributed by atoms with Crippen LogP contribution in [0.3, 0.4) is 0 Å². The molecule has 0 amide bonds. The summed E-state index contributed by atoms with van der Waals surface area (Å²) in [4.78, 5) is 4.13. The van der Waals surface area contributed by atoms with Gasteiger partial charge in [-0.15, -0.1) is 0 Å². The summed E-state index contributed by atoms with van der Waals surface area (Å²) in [5.41, 5.74) is 4.97. The average Bonchev–Trinajstić information content (AvgIpc) is 2.72. The van der Waals surface area contributed by atoms with Crippen molar-refractivity contribution in [1.82, 2.24) is 10.4 Å². The Hall–Kier alpha value is -1.17. The van der Waals surface area contributed by atoms with Crippen LogP contribution in [0.5, 0.6) is 0 Å². The van der Waals surface area contributed by atoms with Gasteiger partial charge >= 0.3 is 0 Å². The largest absolute Gasteiger partial charge is 0.467 e. The van der Waals surface area contributed by atoms with Crippen molar-refractivity contribution < 1.29 is 4.42 Å². The minimum atomic E-state index is -0.0406. The molecular formula is C12H14BrN3O. The molecule has 0 radical (unpaired) electrons. The Labute approximate surface area is 108 Å². The Morgan fingerprint density at radius 1 is 1.53 bits per heavy atom. The maximum absolute atomic E-state index is 5.58. The number of hydrogen-bond acceptors (Lipinski definition) is 4. The number of pyridine rings is 1. The molecule has 0 saturated carbocycles. The first-order valence-corrected chi connectivity index (χ1v) is 6.09. The molecule has 1 unspecified atom stereocenters. The summed E-state index contributed by atoms with van der Waals surface area (Å²) in [5.74, 6) is 6.44. The van der Waals surface area contributed by atoms with E-state index in [4.69, 9.17) is 10.3 Å². The predicted octanol–water partition coefficient (Wildman–Crippen LogP) is 2.49. The van der Waals surface area contributed by atoms with E-state index in [1.165, 1.54) is 0 Å². The van der Waals surface area contributed by atoms with E-state index in [0.29, 0.717) is 0 Å². The van der Waals surface area contributed by atoms with Crippen LogP contribution >= 0.6 is 15.9 Å². The molecule has 3 N–H and O–H groups in total. The van der Waals surface area contributed by atoms with Crippen LogP contribution in [0.25, 0.3) is 0 Å². The maximum atomic E-state index is 5.58. The van der Waals surface area contributed by atoms with Gasteiger partial charge in [0.15, 0.2) is 0 Å². The number of nitrogens with two attached hydrogens (primary N) is 1. The molecule has 0 spiro atoms. The molecule has 5 heteroatoms. The lowest BCUT2D eigenvalue weighted by atomic mass is 10.0. The monoisotopic (exact) mass is 295 g/mol. The Morgan fingerprint density at radius 3 is 2.94 bits per heavy atom. The number of nitrogens with zero attached hydrogens (tertiary/aromatic N) is 1. The van der Waals surface area contributed by atoms with Crippen LogP contribution in [0.4, 0.5) is 0 Å². The van der Waals surface area contributed by atoms with E-state index < -0.39 is 0 Å². The molecule has 0 aliphatic heterocycles. The van der Waals surface area contributed by atoms with Gasteiger partial charge in [-0.25, -0.2) is 5.43 Å². The van der Waals surface area contributed by atoms with Crippen molar-refractivity contribution in [2.45, 2.75) is 19.4 Å².